The van der Waals surface area contributed by atoms with Crippen LogP contribution in [0.3, 0.4) is 0 Å². The van der Waals surface area contributed by atoms with Gasteiger partial charge in [-0.15, -0.1) is 0 Å². The summed E-state index contributed by atoms with van der Waals surface area (Å²) in [5.41, 5.74) is 3.94. The van der Waals surface area contributed by atoms with E-state index in [9.17, 15) is 22.4 Å². The van der Waals surface area contributed by atoms with Crippen LogP contribution < -0.4 is 11.1 Å². The normalized spacial score (nSPS) is 13.2. The average molecular weight is 264 g/mol. The highest BCUT2D eigenvalue weighted by Gasteiger charge is 2.33. The van der Waals surface area contributed by atoms with Crippen LogP contribution in [0, 0.1) is 5.82 Å². The first kappa shape index (κ1) is 14.4. The maximum atomic E-state index is 12.8. The van der Waals surface area contributed by atoms with E-state index in [0.717, 1.165) is 12.1 Å². The van der Waals surface area contributed by atoms with Crippen LogP contribution in [0.2, 0.25) is 0 Å². The molecule has 0 aromatic heterocycles. The molecule has 1 atom stereocenters. The lowest BCUT2D eigenvalue weighted by Gasteiger charge is -2.14. The van der Waals surface area contributed by atoms with E-state index in [-0.39, 0.29) is 12.1 Å². The van der Waals surface area contributed by atoms with E-state index in [1.54, 1.807) is 0 Å². The molecule has 0 heterocycles. The van der Waals surface area contributed by atoms with Crippen LogP contribution in [-0.2, 0) is 17.5 Å². The van der Waals surface area contributed by atoms with Gasteiger partial charge in [-0.3, -0.25) is 4.79 Å². The Morgan fingerprint density at radius 2 is 2.06 bits per heavy atom. The van der Waals surface area contributed by atoms with Crippen LogP contribution in [0.4, 0.5) is 17.6 Å². The molecule has 3 N–H and O–H groups in total. The van der Waals surface area contributed by atoms with Crippen molar-refractivity contribution >= 4 is 5.91 Å². The van der Waals surface area contributed by atoms with Gasteiger partial charge in [-0.05, 0) is 24.6 Å². The molecule has 0 aliphatic rings. The molecule has 1 amide bonds. The minimum absolute atomic E-state index is 0.210. The fourth-order valence-electron chi connectivity index (χ4n) is 1.31. The molecule has 18 heavy (non-hydrogen) atoms. The van der Waals surface area contributed by atoms with Crippen molar-refractivity contribution in [2.75, 3.05) is 0 Å². The summed E-state index contributed by atoms with van der Waals surface area (Å²) in [6.07, 6.45) is -4.67. The van der Waals surface area contributed by atoms with Crippen molar-refractivity contribution in [1.29, 1.82) is 0 Å². The van der Waals surface area contributed by atoms with Crippen molar-refractivity contribution in [3.63, 3.8) is 0 Å². The zero-order valence-electron chi connectivity index (χ0n) is 9.51. The number of amides is 1. The van der Waals surface area contributed by atoms with Crippen molar-refractivity contribution in [3.8, 4) is 0 Å². The Hall–Kier alpha value is -1.63. The van der Waals surface area contributed by atoms with E-state index in [4.69, 9.17) is 5.73 Å². The highest BCUT2D eigenvalue weighted by molar-refractivity contribution is 5.80. The molecule has 0 unspecified atom stereocenters. The van der Waals surface area contributed by atoms with Crippen LogP contribution in [0.25, 0.3) is 0 Å². The number of nitrogens with two attached hydrogens (primary N) is 1. The zero-order valence-corrected chi connectivity index (χ0v) is 9.51. The third-order valence-electron chi connectivity index (χ3n) is 2.24. The predicted molar refractivity (Wildman–Crippen MR) is 56.9 cm³/mol. The van der Waals surface area contributed by atoms with Crippen molar-refractivity contribution < 1.29 is 22.4 Å². The third kappa shape index (κ3) is 3.69. The Balaban J connectivity index is 2.92. The SMILES string of the molecule is C[C@@H](N)C(=O)NCc1ccc(F)cc1C(F)(F)F. The molecule has 0 radical (unpaired) electrons. The Labute approximate surface area is 101 Å². The molecule has 0 spiro atoms. The molecule has 0 aliphatic carbocycles. The van der Waals surface area contributed by atoms with E-state index in [0.29, 0.717) is 6.07 Å². The van der Waals surface area contributed by atoms with Crippen molar-refractivity contribution in [2.45, 2.75) is 25.7 Å². The Morgan fingerprint density at radius 3 is 2.56 bits per heavy atom. The summed E-state index contributed by atoms with van der Waals surface area (Å²) < 4.78 is 50.6. The van der Waals surface area contributed by atoms with Gasteiger partial charge in [0.05, 0.1) is 11.6 Å². The second-order valence-electron chi connectivity index (χ2n) is 3.81. The second-order valence-corrected chi connectivity index (χ2v) is 3.81. The van der Waals surface area contributed by atoms with Crippen LogP contribution in [0.1, 0.15) is 18.1 Å². The second kappa shape index (κ2) is 5.34. The lowest BCUT2D eigenvalue weighted by molar-refractivity contribution is -0.138. The Morgan fingerprint density at radius 1 is 1.44 bits per heavy atom. The number of hydrogen-bond acceptors (Lipinski definition) is 2. The molecule has 100 valence electrons. The minimum Gasteiger partial charge on any atom is -0.351 e. The van der Waals surface area contributed by atoms with Crippen molar-refractivity contribution in [1.82, 2.24) is 5.32 Å². The van der Waals surface area contributed by atoms with Gasteiger partial charge in [-0.1, -0.05) is 6.07 Å². The third-order valence-corrected chi connectivity index (χ3v) is 2.24. The number of nitrogens with one attached hydrogen (secondary N) is 1. The fraction of sp³-hybridized carbons (Fsp3) is 0.364. The van der Waals surface area contributed by atoms with Crippen LogP contribution in [-0.4, -0.2) is 11.9 Å². The lowest BCUT2D eigenvalue weighted by Crippen LogP contribution is -2.38. The molecule has 0 saturated carbocycles. The number of carbonyl (C=O) groups excluding carboxylic acids is 1. The van der Waals surface area contributed by atoms with Gasteiger partial charge in [-0.25, -0.2) is 4.39 Å². The quantitative estimate of drug-likeness (QED) is 0.818. The monoisotopic (exact) mass is 264 g/mol. The first-order valence-corrected chi connectivity index (χ1v) is 5.10. The van der Waals surface area contributed by atoms with Crippen LogP contribution >= 0.6 is 0 Å². The Bertz CT molecular complexity index is 443. The minimum atomic E-state index is -4.67. The highest BCUT2D eigenvalue weighted by atomic mass is 19.4. The lowest BCUT2D eigenvalue weighted by atomic mass is 10.1. The van der Waals surface area contributed by atoms with Gasteiger partial charge in [-0.2, -0.15) is 13.2 Å². The highest BCUT2D eigenvalue weighted by Crippen LogP contribution is 2.32. The molecule has 3 nitrogen and oxygen atoms in total. The maximum absolute atomic E-state index is 12.8. The number of benzene rings is 1. The molecule has 7 heteroatoms. The number of halogens is 4. The van der Waals surface area contributed by atoms with E-state index in [2.05, 4.69) is 5.32 Å². The van der Waals surface area contributed by atoms with Gasteiger partial charge >= 0.3 is 6.18 Å². The van der Waals surface area contributed by atoms with E-state index in [1.807, 2.05) is 0 Å². The summed E-state index contributed by atoms with van der Waals surface area (Å²) >= 11 is 0. The standard InChI is InChI=1S/C11H12F4N2O/c1-6(16)10(18)17-5-7-2-3-8(12)4-9(7)11(13,14)15/h2-4,6H,5,16H2,1H3,(H,17,18)/t6-/m1/s1. The summed E-state index contributed by atoms with van der Waals surface area (Å²) in [4.78, 5) is 11.2. The fourth-order valence-corrected chi connectivity index (χ4v) is 1.31. The Kier molecular flexibility index (Phi) is 4.28. The van der Waals surface area contributed by atoms with Crippen molar-refractivity contribution in [2.24, 2.45) is 5.73 Å². The van der Waals surface area contributed by atoms with E-state index < -0.39 is 29.5 Å². The first-order chi connectivity index (χ1) is 8.21. The molecule has 1 rings (SSSR count). The topological polar surface area (TPSA) is 55.1 Å². The van der Waals surface area contributed by atoms with Gasteiger partial charge in [0.15, 0.2) is 0 Å². The molecule has 0 fully saturated rings. The van der Waals surface area contributed by atoms with Gasteiger partial charge in [0, 0.05) is 6.54 Å². The summed E-state index contributed by atoms with van der Waals surface area (Å²) in [5, 5.41) is 2.24. The molecular formula is C11H12F4N2O. The van der Waals surface area contributed by atoms with E-state index in [1.165, 1.54) is 6.92 Å². The average Bonchev–Trinajstić information content (AvgIpc) is 2.25. The largest absolute Gasteiger partial charge is 0.416 e. The van der Waals surface area contributed by atoms with Crippen LogP contribution in [0.5, 0.6) is 0 Å². The van der Waals surface area contributed by atoms with Gasteiger partial charge in [0.1, 0.15) is 5.82 Å². The predicted octanol–water partition coefficient (Wildman–Crippen LogP) is 1.81. The zero-order chi connectivity index (χ0) is 13.9. The van der Waals surface area contributed by atoms with Crippen LogP contribution in [0.15, 0.2) is 18.2 Å². The van der Waals surface area contributed by atoms with Gasteiger partial charge in [0.25, 0.3) is 0 Å². The maximum Gasteiger partial charge on any atom is 0.416 e. The van der Waals surface area contributed by atoms with Crippen molar-refractivity contribution in [3.05, 3.63) is 35.1 Å². The summed E-state index contributed by atoms with van der Waals surface area (Å²) in [6, 6.07) is 1.47. The number of hydrogen-bond donors (Lipinski definition) is 2. The smallest absolute Gasteiger partial charge is 0.351 e. The molecule has 0 aliphatic heterocycles. The summed E-state index contributed by atoms with van der Waals surface area (Å²) in [5.74, 6) is -1.56. The molecule has 1 aromatic carbocycles. The first-order valence-electron chi connectivity index (χ1n) is 5.10. The van der Waals surface area contributed by atoms with Gasteiger partial charge < -0.3 is 11.1 Å². The summed E-state index contributed by atoms with van der Waals surface area (Å²) in [6.45, 7) is 1.06. The van der Waals surface area contributed by atoms with E-state index >= 15 is 0 Å². The summed E-state index contributed by atoms with van der Waals surface area (Å²) in [7, 11) is 0. The number of carbonyl (C=O) groups is 1. The number of rotatable bonds is 3. The molecule has 1 aromatic rings. The molecule has 0 bridgehead atoms. The number of alkyl halides is 3. The molecule has 0 saturated heterocycles. The van der Waals surface area contributed by atoms with Gasteiger partial charge in [0.2, 0.25) is 5.91 Å². The molecular weight excluding hydrogens is 252 g/mol.